The van der Waals surface area contributed by atoms with E-state index in [1.807, 2.05) is 18.3 Å². The Balaban J connectivity index is 2.38. The Morgan fingerprint density at radius 2 is 1.65 bits per heavy atom. The van der Waals surface area contributed by atoms with Gasteiger partial charge in [0.15, 0.2) is 0 Å². The Morgan fingerprint density at radius 1 is 0.765 bits per heavy atom. The topological polar surface area (TPSA) is 28.7 Å². The summed E-state index contributed by atoms with van der Waals surface area (Å²) in [6.07, 6.45) is 1.95. The van der Waals surface area contributed by atoms with Crippen LogP contribution in [0.5, 0.6) is 0 Å². The maximum absolute atomic E-state index is 4.65. The minimum atomic E-state index is 1.07. The Labute approximate surface area is 97.9 Å². The fourth-order valence-electron chi connectivity index (χ4n) is 2.48. The largest absolute Gasteiger partial charge is 0.361 e. The summed E-state index contributed by atoms with van der Waals surface area (Å²) in [6.45, 7) is 0. The summed E-state index contributed by atoms with van der Waals surface area (Å²) in [5.41, 5.74) is 3.29. The lowest BCUT2D eigenvalue weighted by atomic mass is 10.1. The second kappa shape index (κ2) is 3.08. The smallest absolute Gasteiger partial charge is 0.0723 e. The number of aromatic nitrogens is 2. The van der Waals surface area contributed by atoms with Gasteiger partial charge in [-0.3, -0.25) is 0 Å². The lowest BCUT2D eigenvalue weighted by Gasteiger charge is -1.99. The van der Waals surface area contributed by atoms with Crippen LogP contribution in [0.4, 0.5) is 0 Å². The van der Waals surface area contributed by atoms with Crippen LogP contribution in [-0.4, -0.2) is 9.97 Å². The van der Waals surface area contributed by atoms with Crippen molar-refractivity contribution in [2.45, 2.75) is 0 Å². The molecule has 4 aromatic rings. The maximum Gasteiger partial charge on any atom is 0.0723 e. The summed E-state index contributed by atoms with van der Waals surface area (Å²) in [6, 6.07) is 16.6. The minimum absolute atomic E-state index is 1.07. The van der Waals surface area contributed by atoms with Crippen LogP contribution in [0.2, 0.25) is 0 Å². The van der Waals surface area contributed by atoms with Crippen molar-refractivity contribution in [2.24, 2.45) is 0 Å². The monoisotopic (exact) mass is 218 g/mol. The molecule has 4 rings (SSSR count). The van der Waals surface area contributed by atoms with Gasteiger partial charge in [-0.1, -0.05) is 24.3 Å². The van der Waals surface area contributed by atoms with Crippen molar-refractivity contribution in [3.05, 3.63) is 54.7 Å². The van der Waals surface area contributed by atoms with Gasteiger partial charge in [-0.2, -0.15) is 0 Å². The Morgan fingerprint density at radius 3 is 2.65 bits per heavy atom. The molecular weight excluding hydrogens is 208 g/mol. The summed E-state index contributed by atoms with van der Waals surface area (Å²) in [5, 5.41) is 3.71. The van der Waals surface area contributed by atoms with E-state index in [2.05, 4.69) is 46.4 Å². The molecule has 0 radical (unpaired) electrons. The number of nitrogens with zero attached hydrogens (tertiary/aromatic N) is 1. The van der Waals surface area contributed by atoms with Gasteiger partial charge >= 0.3 is 0 Å². The zero-order valence-corrected chi connectivity index (χ0v) is 9.14. The van der Waals surface area contributed by atoms with E-state index < -0.39 is 0 Å². The van der Waals surface area contributed by atoms with Crippen molar-refractivity contribution in [3.63, 3.8) is 0 Å². The highest BCUT2D eigenvalue weighted by Crippen LogP contribution is 2.30. The summed E-state index contributed by atoms with van der Waals surface area (Å²) in [5.74, 6) is 0. The molecule has 0 atom stereocenters. The number of rotatable bonds is 0. The summed E-state index contributed by atoms with van der Waals surface area (Å²) < 4.78 is 0. The molecule has 2 nitrogen and oxygen atoms in total. The van der Waals surface area contributed by atoms with Gasteiger partial charge in [-0.15, -0.1) is 0 Å². The van der Waals surface area contributed by atoms with Crippen LogP contribution < -0.4 is 0 Å². The molecule has 2 aromatic carbocycles. The van der Waals surface area contributed by atoms with Crippen molar-refractivity contribution < 1.29 is 0 Å². The molecule has 0 bridgehead atoms. The lowest BCUT2D eigenvalue weighted by molar-refractivity contribution is 1.42. The lowest BCUT2D eigenvalue weighted by Crippen LogP contribution is -1.77. The Bertz CT molecular complexity index is 837. The van der Waals surface area contributed by atoms with Gasteiger partial charge in [0.05, 0.1) is 11.0 Å². The Hall–Kier alpha value is -2.35. The van der Waals surface area contributed by atoms with Crippen molar-refractivity contribution >= 4 is 32.7 Å². The summed E-state index contributed by atoms with van der Waals surface area (Å²) >= 11 is 0. The van der Waals surface area contributed by atoms with Crippen LogP contribution in [0.3, 0.4) is 0 Å². The minimum Gasteiger partial charge on any atom is -0.361 e. The third-order valence-corrected chi connectivity index (χ3v) is 3.24. The molecule has 0 unspecified atom stereocenters. The summed E-state index contributed by atoms with van der Waals surface area (Å²) in [7, 11) is 0. The first-order chi connectivity index (χ1) is 8.43. The molecule has 0 aliphatic heterocycles. The van der Waals surface area contributed by atoms with Gasteiger partial charge in [0.2, 0.25) is 0 Å². The van der Waals surface area contributed by atoms with E-state index in [0.717, 1.165) is 16.6 Å². The van der Waals surface area contributed by atoms with E-state index in [0.29, 0.717) is 0 Å². The van der Waals surface area contributed by atoms with Crippen molar-refractivity contribution in [1.29, 1.82) is 0 Å². The second-order valence-electron chi connectivity index (χ2n) is 4.22. The predicted octanol–water partition coefficient (Wildman–Crippen LogP) is 3.87. The number of aromatic amines is 1. The number of hydrogen-bond acceptors (Lipinski definition) is 1. The molecule has 17 heavy (non-hydrogen) atoms. The van der Waals surface area contributed by atoms with Gasteiger partial charge in [0, 0.05) is 27.9 Å². The highest BCUT2D eigenvalue weighted by Gasteiger charge is 2.07. The predicted molar refractivity (Wildman–Crippen MR) is 71.1 cm³/mol. The van der Waals surface area contributed by atoms with Crippen molar-refractivity contribution in [2.75, 3.05) is 0 Å². The standard InChI is InChI=1S/C15H10N2/c1-2-6-13-11(4-1)15-10-5-3-9-16-12(10)7-8-14(15)17-13/h1-9,16H. The molecule has 2 heteroatoms. The first-order valence-corrected chi connectivity index (χ1v) is 5.68. The van der Waals surface area contributed by atoms with Gasteiger partial charge in [-0.05, 0) is 24.3 Å². The van der Waals surface area contributed by atoms with Crippen molar-refractivity contribution in [3.8, 4) is 0 Å². The highest BCUT2D eigenvalue weighted by atomic mass is 14.7. The second-order valence-corrected chi connectivity index (χ2v) is 4.22. The summed E-state index contributed by atoms with van der Waals surface area (Å²) in [4.78, 5) is 7.92. The quantitative estimate of drug-likeness (QED) is 0.477. The molecule has 0 amide bonds. The first-order valence-electron chi connectivity index (χ1n) is 5.68. The molecule has 0 saturated carbocycles. The molecule has 2 heterocycles. The van der Waals surface area contributed by atoms with Crippen LogP contribution in [0, 0.1) is 0 Å². The van der Waals surface area contributed by atoms with Gasteiger partial charge in [0.1, 0.15) is 0 Å². The van der Waals surface area contributed by atoms with E-state index in [9.17, 15) is 0 Å². The van der Waals surface area contributed by atoms with Crippen LogP contribution in [0.15, 0.2) is 54.7 Å². The van der Waals surface area contributed by atoms with Crippen LogP contribution >= 0.6 is 0 Å². The van der Waals surface area contributed by atoms with Crippen molar-refractivity contribution in [1.82, 2.24) is 9.97 Å². The third-order valence-electron chi connectivity index (χ3n) is 3.24. The number of benzene rings is 2. The molecule has 80 valence electrons. The number of nitrogens with one attached hydrogen (secondary N) is 1. The number of H-pyrrole nitrogens is 1. The number of hydrogen-bond donors (Lipinski definition) is 1. The van der Waals surface area contributed by atoms with E-state index in [1.165, 1.54) is 16.2 Å². The molecular formula is C15H10N2. The van der Waals surface area contributed by atoms with Gasteiger partial charge in [0.25, 0.3) is 0 Å². The number of fused-ring (bicyclic) bond motifs is 5. The van der Waals surface area contributed by atoms with E-state index in [-0.39, 0.29) is 0 Å². The normalized spacial score (nSPS) is 11.5. The van der Waals surface area contributed by atoms with E-state index in [4.69, 9.17) is 0 Å². The maximum atomic E-state index is 4.65. The zero-order chi connectivity index (χ0) is 11.2. The SMILES string of the molecule is c1ccc2c(c1)nc1ccc3[nH]cccc3c12. The van der Waals surface area contributed by atoms with E-state index >= 15 is 0 Å². The van der Waals surface area contributed by atoms with Crippen LogP contribution in [0.1, 0.15) is 0 Å². The van der Waals surface area contributed by atoms with Gasteiger partial charge in [-0.25, -0.2) is 4.98 Å². The number of para-hydroxylation sites is 1. The third kappa shape index (κ3) is 1.12. The van der Waals surface area contributed by atoms with Gasteiger partial charge < -0.3 is 4.98 Å². The molecule has 0 spiro atoms. The molecule has 0 saturated heterocycles. The van der Waals surface area contributed by atoms with Crippen LogP contribution in [-0.2, 0) is 0 Å². The molecule has 1 N–H and O–H groups in total. The highest BCUT2D eigenvalue weighted by molar-refractivity contribution is 6.19. The number of pyridine rings is 1. The average Bonchev–Trinajstić information content (AvgIpc) is 2.77. The molecule has 2 aromatic heterocycles. The fraction of sp³-hybridized carbons (Fsp3) is 0. The first kappa shape index (κ1) is 8.76. The molecule has 0 aliphatic carbocycles. The van der Waals surface area contributed by atoms with E-state index in [1.54, 1.807) is 0 Å². The fourth-order valence-corrected chi connectivity index (χ4v) is 2.48. The Kier molecular flexibility index (Phi) is 1.59. The zero-order valence-electron chi connectivity index (χ0n) is 9.14. The molecule has 0 aliphatic rings. The van der Waals surface area contributed by atoms with Crippen LogP contribution in [0.25, 0.3) is 32.7 Å². The molecule has 0 fully saturated rings. The average molecular weight is 218 g/mol.